The average Bonchev–Trinajstić information content (AvgIpc) is 3.46. The molecule has 1 aliphatic heterocycles. The van der Waals surface area contributed by atoms with E-state index in [-0.39, 0.29) is 37.3 Å². The van der Waals surface area contributed by atoms with Gasteiger partial charge in [0.2, 0.25) is 5.91 Å². The number of aliphatic imine (C=N–C) groups is 1. The van der Waals surface area contributed by atoms with Crippen LogP contribution in [0.4, 0.5) is 17.6 Å². The molecule has 4 rings (SSSR count). The van der Waals surface area contributed by atoms with E-state index >= 15 is 0 Å². The Bertz CT molecular complexity index is 1310. The predicted molar refractivity (Wildman–Crippen MR) is 132 cm³/mol. The van der Waals surface area contributed by atoms with Crippen LogP contribution in [0.5, 0.6) is 0 Å². The van der Waals surface area contributed by atoms with Crippen LogP contribution < -0.4 is 10.6 Å². The van der Waals surface area contributed by atoms with Crippen molar-refractivity contribution in [3.05, 3.63) is 54.4 Å². The molecule has 0 bridgehead atoms. The number of amides is 2. The summed E-state index contributed by atoms with van der Waals surface area (Å²) in [6.45, 7) is -0.667. The van der Waals surface area contributed by atoms with Crippen molar-refractivity contribution >= 4 is 52.1 Å². The van der Waals surface area contributed by atoms with Gasteiger partial charge in [-0.15, -0.1) is 11.3 Å². The molecule has 37 heavy (non-hydrogen) atoms. The van der Waals surface area contributed by atoms with Crippen molar-refractivity contribution in [3.63, 3.8) is 0 Å². The molecule has 0 spiro atoms. The zero-order valence-corrected chi connectivity index (χ0v) is 21.5. The minimum absolute atomic E-state index is 0.130. The van der Waals surface area contributed by atoms with E-state index in [0.717, 1.165) is 41.0 Å². The number of alkyl halides is 3. The fourth-order valence-corrected chi connectivity index (χ4v) is 6.58. The van der Waals surface area contributed by atoms with E-state index in [2.05, 4.69) is 15.6 Å². The minimum Gasteiger partial charge on any atom is -0.342 e. The fraction of sp³-hybridized carbons (Fsp3) is 0.417. The second kappa shape index (κ2) is 10.6. The Hall–Kier alpha value is -2.68. The summed E-state index contributed by atoms with van der Waals surface area (Å²) in [6, 6.07) is 3.69. The Morgan fingerprint density at radius 2 is 1.84 bits per heavy atom. The average molecular weight is 575 g/mol. The molecule has 2 aromatic rings. The maximum atomic E-state index is 14.7. The van der Waals surface area contributed by atoms with E-state index in [1.54, 1.807) is 6.07 Å². The van der Waals surface area contributed by atoms with Crippen LogP contribution in [0.25, 0.3) is 0 Å². The van der Waals surface area contributed by atoms with Crippen LogP contribution in [0.2, 0.25) is 10.0 Å². The van der Waals surface area contributed by atoms with Crippen LogP contribution in [0, 0.1) is 17.1 Å². The Kier molecular flexibility index (Phi) is 7.83. The first-order chi connectivity index (χ1) is 17.5. The van der Waals surface area contributed by atoms with Crippen molar-refractivity contribution in [3.8, 4) is 6.07 Å². The van der Waals surface area contributed by atoms with Crippen molar-refractivity contribution in [1.29, 1.82) is 5.26 Å². The monoisotopic (exact) mass is 574 g/mol. The quantitative estimate of drug-likeness (QED) is 0.284. The fourth-order valence-electron chi connectivity index (χ4n) is 4.78. The lowest BCUT2D eigenvalue weighted by atomic mass is 9.71. The molecule has 1 unspecified atom stereocenters. The summed E-state index contributed by atoms with van der Waals surface area (Å²) >= 11 is 12.8. The number of fused-ring (bicyclic) bond motifs is 1. The third-order valence-electron chi connectivity index (χ3n) is 6.60. The number of nitriles is 1. The van der Waals surface area contributed by atoms with E-state index in [4.69, 9.17) is 28.5 Å². The van der Waals surface area contributed by atoms with Crippen molar-refractivity contribution in [2.24, 2.45) is 4.99 Å². The van der Waals surface area contributed by atoms with Gasteiger partial charge in [0.15, 0.2) is 5.82 Å². The third-order valence-corrected chi connectivity index (χ3v) is 8.47. The van der Waals surface area contributed by atoms with Crippen LogP contribution in [-0.4, -0.2) is 43.3 Å². The highest BCUT2D eigenvalue weighted by Gasteiger charge is 2.57. The highest BCUT2D eigenvalue weighted by molar-refractivity contribution is 7.16. The number of nitrogens with zero attached hydrogens (tertiary/aromatic N) is 2. The van der Waals surface area contributed by atoms with Gasteiger partial charge in [-0.2, -0.15) is 18.4 Å². The van der Waals surface area contributed by atoms with Gasteiger partial charge in [0.1, 0.15) is 6.54 Å². The van der Waals surface area contributed by atoms with Gasteiger partial charge in [0, 0.05) is 13.0 Å². The van der Waals surface area contributed by atoms with Gasteiger partial charge >= 0.3 is 6.18 Å². The summed E-state index contributed by atoms with van der Waals surface area (Å²) in [6.07, 6.45) is -3.69. The Morgan fingerprint density at radius 3 is 2.49 bits per heavy atom. The Morgan fingerprint density at radius 1 is 1.16 bits per heavy atom. The lowest BCUT2D eigenvalue weighted by Crippen LogP contribution is -2.46. The maximum Gasteiger partial charge on any atom is 0.398 e. The summed E-state index contributed by atoms with van der Waals surface area (Å²) in [5, 5.41) is 12.4. The van der Waals surface area contributed by atoms with E-state index in [0.29, 0.717) is 22.6 Å². The van der Waals surface area contributed by atoms with E-state index < -0.39 is 45.7 Å². The molecule has 0 radical (unpaired) electrons. The minimum atomic E-state index is -4.71. The summed E-state index contributed by atoms with van der Waals surface area (Å²) in [5.41, 5.74) is -0.876. The number of nitrogens with one attached hydrogen (secondary N) is 2. The molecule has 2 N–H and O–H groups in total. The SMILES string of the molecule is N#CCNC(=O)CNC(=O)c1sc(C2=NCCC(c3cc(Cl)c(F)c(Cl)c3)(C(F)(F)F)C2)c2c1CCC2. The molecule has 0 saturated carbocycles. The molecule has 2 amide bonds. The number of rotatable bonds is 6. The molecule has 2 heterocycles. The number of halogens is 6. The van der Waals surface area contributed by atoms with Gasteiger partial charge < -0.3 is 10.6 Å². The lowest BCUT2D eigenvalue weighted by molar-refractivity contribution is -0.191. The molecule has 1 atom stereocenters. The molecule has 6 nitrogen and oxygen atoms in total. The summed E-state index contributed by atoms with van der Waals surface area (Å²) in [7, 11) is 0. The Balaban J connectivity index is 1.67. The maximum absolute atomic E-state index is 14.7. The molecule has 2 aliphatic rings. The summed E-state index contributed by atoms with van der Waals surface area (Å²) in [5.74, 6) is -2.04. The van der Waals surface area contributed by atoms with Gasteiger partial charge in [0.05, 0.1) is 43.5 Å². The molecule has 13 heteroatoms. The van der Waals surface area contributed by atoms with Gasteiger partial charge in [-0.3, -0.25) is 14.6 Å². The molecule has 1 aromatic heterocycles. The van der Waals surface area contributed by atoms with Gasteiger partial charge in [-0.05, 0) is 54.5 Å². The predicted octanol–water partition coefficient (Wildman–Crippen LogP) is 5.14. The summed E-state index contributed by atoms with van der Waals surface area (Å²) in [4.78, 5) is 29.9. The molecule has 0 fully saturated rings. The van der Waals surface area contributed by atoms with Gasteiger partial charge in [-0.1, -0.05) is 23.2 Å². The van der Waals surface area contributed by atoms with Crippen LogP contribution in [-0.2, 0) is 23.1 Å². The van der Waals surface area contributed by atoms with Crippen molar-refractivity contribution in [1.82, 2.24) is 10.6 Å². The standard InChI is InChI=1S/C24H20Cl2F4N4O2S/c25-15-8-12(9-16(26)19(15)27)23(24(28,29)30)4-6-32-17(10-23)20-13-2-1-3-14(13)21(37-20)22(36)34-11-18(35)33-7-5-31/h8-9H,1-4,6-7,10-11H2,(H,33,35)(H,34,36). The third kappa shape index (κ3) is 5.19. The van der Waals surface area contributed by atoms with Crippen molar-refractivity contribution in [2.75, 3.05) is 19.6 Å². The number of benzene rings is 1. The second-order valence-electron chi connectivity index (χ2n) is 8.78. The normalized spacial score (nSPS) is 19.1. The molecule has 1 aromatic carbocycles. The van der Waals surface area contributed by atoms with Crippen molar-refractivity contribution < 1.29 is 27.2 Å². The topological polar surface area (TPSA) is 94.4 Å². The van der Waals surface area contributed by atoms with Crippen LogP contribution in [0.3, 0.4) is 0 Å². The number of carbonyl (C=O) groups excluding carboxylic acids is 2. The van der Waals surface area contributed by atoms with Crippen LogP contribution in [0.15, 0.2) is 17.1 Å². The van der Waals surface area contributed by atoms with Gasteiger partial charge in [0.25, 0.3) is 5.91 Å². The zero-order valence-electron chi connectivity index (χ0n) is 19.2. The number of hydrogen-bond donors (Lipinski definition) is 2. The van der Waals surface area contributed by atoms with Gasteiger partial charge in [-0.25, -0.2) is 4.39 Å². The number of carbonyl (C=O) groups is 2. The first kappa shape index (κ1) is 27.4. The van der Waals surface area contributed by atoms with Crippen molar-refractivity contribution in [2.45, 2.75) is 43.7 Å². The summed E-state index contributed by atoms with van der Waals surface area (Å²) < 4.78 is 58.0. The van der Waals surface area contributed by atoms with E-state index in [1.807, 2.05) is 0 Å². The molecular weight excluding hydrogens is 555 g/mol. The molecular formula is C24H20Cl2F4N4O2S. The highest BCUT2D eigenvalue weighted by atomic mass is 35.5. The van der Waals surface area contributed by atoms with E-state index in [1.165, 1.54) is 0 Å². The first-order valence-electron chi connectivity index (χ1n) is 11.3. The number of hydrogen-bond acceptors (Lipinski definition) is 5. The zero-order chi connectivity index (χ0) is 27.0. The highest BCUT2D eigenvalue weighted by Crippen LogP contribution is 2.51. The smallest absolute Gasteiger partial charge is 0.342 e. The number of thiophene rings is 1. The van der Waals surface area contributed by atoms with E-state index in [9.17, 15) is 27.2 Å². The second-order valence-corrected chi connectivity index (χ2v) is 10.6. The van der Waals surface area contributed by atoms with Crippen LogP contribution >= 0.6 is 34.5 Å². The largest absolute Gasteiger partial charge is 0.398 e. The Labute approximate surface area is 223 Å². The first-order valence-corrected chi connectivity index (χ1v) is 12.9. The molecule has 196 valence electrons. The van der Waals surface area contributed by atoms with Crippen LogP contribution in [0.1, 0.15) is 50.5 Å². The molecule has 0 saturated heterocycles. The molecule has 1 aliphatic carbocycles. The lowest BCUT2D eigenvalue weighted by Gasteiger charge is -2.39.